The molecule has 0 aromatic rings. The van der Waals surface area contributed by atoms with Gasteiger partial charge in [-0.1, -0.05) is 11.8 Å². The van der Waals surface area contributed by atoms with Crippen molar-refractivity contribution in [3.05, 3.63) is 0 Å². The molecule has 0 aromatic heterocycles. The second-order valence-corrected chi connectivity index (χ2v) is 5.97. The first-order chi connectivity index (χ1) is 11.4. The van der Waals surface area contributed by atoms with Gasteiger partial charge >= 0.3 is 25.5 Å². The molecule has 0 N–H and O–H groups in total. The number of ether oxygens (including phenoxy) is 3. The average Bonchev–Trinajstić information content (AvgIpc) is 2.50. The molecule has 0 aliphatic heterocycles. The highest BCUT2D eigenvalue weighted by atomic mass is 31.2. The van der Waals surface area contributed by atoms with Crippen molar-refractivity contribution >= 4 is 25.5 Å². The monoisotopic (exact) mass is 364 g/mol. The van der Waals surface area contributed by atoms with Gasteiger partial charge in [-0.05, 0) is 20.8 Å². The lowest BCUT2D eigenvalue weighted by atomic mass is 10.6. The lowest BCUT2D eigenvalue weighted by molar-refractivity contribution is -0.166. The fraction of sp³-hybridized carbons (Fsp3) is 0.643. The quantitative estimate of drug-likeness (QED) is 0.193. The fourth-order valence-corrected chi connectivity index (χ4v) is 2.75. The first-order valence-electron chi connectivity index (χ1n) is 7.21. The molecular weight excluding hydrogens is 343 g/mol. The van der Waals surface area contributed by atoms with Gasteiger partial charge in [0.15, 0.2) is 13.2 Å². The highest BCUT2D eigenvalue weighted by Crippen LogP contribution is 2.47. The maximum Gasteiger partial charge on any atom is 0.418 e. The smallest absolute Gasteiger partial charge is 0.418 e. The summed E-state index contributed by atoms with van der Waals surface area (Å²) in [7, 11) is -3.51. The van der Waals surface area contributed by atoms with E-state index in [0.717, 1.165) is 0 Å². The second kappa shape index (κ2) is 12.5. The zero-order valence-electron chi connectivity index (χ0n) is 13.9. The van der Waals surface area contributed by atoms with E-state index in [1.165, 1.54) is 0 Å². The zero-order valence-corrected chi connectivity index (χ0v) is 14.8. The molecule has 0 spiro atoms. The van der Waals surface area contributed by atoms with Gasteiger partial charge in [0.25, 0.3) is 0 Å². The number of hydrogen-bond donors (Lipinski definition) is 0. The molecule has 9 nitrogen and oxygen atoms in total. The molecule has 0 unspecified atom stereocenters. The third-order valence-corrected chi connectivity index (χ3v) is 4.07. The van der Waals surface area contributed by atoms with E-state index in [4.69, 9.17) is 13.8 Å². The van der Waals surface area contributed by atoms with Crippen molar-refractivity contribution in [1.82, 2.24) is 0 Å². The maximum absolute atomic E-state index is 12.1. The first kappa shape index (κ1) is 22.1. The van der Waals surface area contributed by atoms with Gasteiger partial charge in [0.2, 0.25) is 0 Å². The van der Waals surface area contributed by atoms with E-state index >= 15 is 0 Å². The van der Waals surface area contributed by atoms with Gasteiger partial charge in [0.05, 0.1) is 19.8 Å². The third-order valence-electron chi connectivity index (χ3n) is 2.12. The Labute approximate surface area is 140 Å². The first-order valence-corrected chi connectivity index (χ1v) is 8.94. The maximum atomic E-state index is 12.1. The van der Waals surface area contributed by atoms with Crippen LogP contribution in [0.25, 0.3) is 0 Å². The number of esters is 3. The predicted molar refractivity (Wildman–Crippen MR) is 82.1 cm³/mol. The highest BCUT2D eigenvalue weighted by Gasteiger charge is 2.28. The molecule has 10 heteroatoms. The van der Waals surface area contributed by atoms with Gasteiger partial charge in [0.1, 0.15) is 6.16 Å². The summed E-state index contributed by atoms with van der Waals surface area (Å²) in [6.07, 6.45) is -0.520. The molecule has 0 fully saturated rings. The molecule has 24 heavy (non-hydrogen) atoms. The Balaban J connectivity index is 4.11. The summed E-state index contributed by atoms with van der Waals surface area (Å²) in [5, 5.41) is 0. The molecule has 0 bridgehead atoms. The largest absolute Gasteiger partial charge is 0.458 e. The van der Waals surface area contributed by atoms with Crippen LogP contribution in [0, 0.1) is 11.8 Å². The summed E-state index contributed by atoms with van der Waals surface area (Å²) in [5.41, 5.74) is 0. The standard InChI is InChI=1S/C14H21O9P/c1-4-19-13(16)14(17)21-10-8-7-9-20-12(15)11-24(18,22-5-2)23-6-3/h4-6,9-11H2,1-3H3. The summed E-state index contributed by atoms with van der Waals surface area (Å²) in [5.74, 6) is 1.72. The highest BCUT2D eigenvalue weighted by molar-refractivity contribution is 7.54. The molecule has 0 aromatic carbocycles. The minimum Gasteiger partial charge on any atom is -0.458 e. The van der Waals surface area contributed by atoms with Crippen molar-refractivity contribution in [2.75, 3.05) is 39.2 Å². The molecular formula is C14H21O9P. The Morgan fingerprint density at radius 1 is 0.792 bits per heavy atom. The Morgan fingerprint density at radius 3 is 1.79 bits per heavy atom. The fourth-order valence-electron chi connectivity index (χ4n) is 1.29. The Hall–Kier alpha value is -1.88. The van der Waals surface area contributed by atoms with Gasteiger partial charge in [0, 0.05) is 0 Å². The van der Waals surface area contributed by atoms with Gasteiger partial charge < -0.3 is 23.3 Å². The Kier molecular flexibility index (Phi) is 11.5. The molecule has 0 rings (SSSR count). The number of rotatable bonds is 9. The van der Waals surface area contributed by atoms with Crippen LogP contribution in [0.15, 0.2) is 0 Å². The summed E-state index contributed by atoms with van der Waals surface area (Å²) in [4.78, 5) is 33.5. The van der Waals surface area contributed by atoms with Crippen LogP contribution in [0.1, 0.15) is 20.8 Å². The van der Waals surface area contributed by atoms with Crippen LogP contribution in [0.2, 0.25) is 0 Å². The molecule has 0 saturated carbocycles. The molecule has 0 amide bonds. The van der Waals surface area contributed by atoms with Crippen LogP contribution in [0.3, 0.4) is 0 Å². The normalized spacial score (nSPS) is 10.3. The Bertz CT molecular complexity index is 522. The van der Waals surface area contributed by atoms with Crippen molar-refractivity contribution in [2.45, 2.75) is 20.8 Å². The number of carbonyl (C=O) groups excluding carboxylic acids is 3. The summed E-state index contributed by atoms with van der Waals surface area (Å²) < 4.78 is 35.6. The topological polar surface area (TPSA) is 114 Å². The van der Waals surface area contributed by atoms with E-state index in [1.807, 2.05) is 0 Å². The van der Waals surface area contributed by atoms with Gasteiger partial charge in [-0.25, -0.2) is 9.59 Å². The number of carbonyl (C=O) groups is 3. The molecule has 0 saturated heterocycles. The number of hydrogen-bond acceptors (Lipinski definition) is 9. The molecule has 0 heterocycles. The Morgan fingerprint density at radius 2 is 1.29 bits per heavy atom. The molecule has 0 aliphatic carbocycles. The summed E-state index contributed by atoms with van der Waals surface area (Å²) in [6, 6.07) is 0. The van der Waals surface area contributed by atoms with Crippen molar-refractivity contribution in [1.29, 1.82) is 0 Å². The SMILES string of the molecule is CCOC(=O)C(=O)OCC#CCOC(=O)CP(=O)(OCC)OCC. The third kappa shape index (κ3) is 10.0. The van der Waals surface area contributed by atoms with Crippen LogP contribution in [-0.4, -0.2) is 57.1 Å². The zero-order chi connectivity index (χ0) is 18.4. The molecule has 136 valence electrons. The van der Waals surface area contributed by atoms with Gasteiger partial charge in [-0.2, -0.15) is 0 Å². The van der Waals surface area contributed by atoms with Crippen LogP contribution in [0.4, 0.5) is 0 Å². The van der Waals surface area contributed by atoms with Crippen LogP contribution in [0.5, 0.6) is 0 Å². The van der Waals surface area contributed by atoms with Crippen molar-refractivity contribution < 1.29 is 42.2 Å². The lowest BCUT2D eigenvalue weighted by Gasteiger charge is -2.15. The van der Waals surface area contributed by atoms with E-state index in [9.17, 15) is 18.9 Å². The van der Waals surface area contributed by atoms with E-state index < -0.39 is 31.7 Å². The van der Waals surface area contributed by atoms with Crippen molar-refractivity contribution in [2.24, 2.45) is 0 Å². The average molecular weight is 364 g/mol. The minimum absolute atomic E-state index is 0.0584. The van der Waals surface area contributed by atoms with Crippen LogP contribution in [-0.2, 0) is 42.2 Å². The molecule has 0 radical (unpaired) electrons. The van der Waals surface area contributed by atoms with E-state index in [1.54, 1.807) is 20.8 Å². The van der Waals surface area contributed by atoms with Crippen LogP contribution < -0.4 is 0 Å². The van der Waals surface area contributed by atoms with Crippen molar-refractivity contribution in [3.63, 3.8) is 0 Å². The van der Waals surface area contributed by atoms with E-state index in [0.29, 0.717) is 0 Å². The van der Waals surface area contributed by atoms with E-state index in [2.05, 4.69) is 21.3 Å². The second-order valence-electron chi connectivity index (χ2n) is 3.92. The summed E-state index contributed by atoms with van der Waals surface area (Å²) >= 11 is 0. The van der Waals surface area contributed by atoms with Crippen LogP contribution >= 0.6 is 7.60 Å². The van der Waals surface area contributed by atoms with Crippen molar-refractivity contribution in [3.8, 4) is 11.8 Å². The van der Waals surface area contributed by atoms with Gasteiger partial charge in [-0.3, -0.25) is 9.36 Å². The summed E-state index contributed by atoms with van der Waals surface area (Å²) in [6.45, 7) is 4.48. The molecule has 0 atom stereocenters. The van der Waals surface area contributed by atoms with Gasteiger partial charge in [-0.15, -0.1) is 0 Å². The lowest BCUT2D eigenvalue weighted by Crippen LogP contribution is -2.20. The minimum atomic E-state index is -3.51. The van der Waals surface area contributed by atoms with E-state index in [-0.39, 0.29) is 33.0 Å². The predicted octanol–water partition coefficient (Wildman–Crippen LogP) is 0.905. The molecule has 0 aliphatic rings.